The van der Waals surface area contributed by atoms with Gasteiger partial charge in [0.25, 0.3) is 17.9 Å². The van der Waals surface area contributed by atoms with Crippen LogP contribution in [0.15, 0.2) is 27.8 Å². The number of anilines is 2. The van der Waals surface area contributed by atoms with Crippen molar-refractivity contribution >= 4 is 28.4 Å². The molecule has 1 amide bonds. The van der Waals surface area contributed by atoms with E-state index >= 15 is 0 Å². The number of halogens is 2. The van der Waals surface area contributed by atoms with Gasteiger partial charge in [-0.25, -0.2) is 18.6 Å². The van der Waals surface area contributed by atoms with Gasteiger partial charge in [-0.2, -0.15) is 0 Å². The van der Waals surface area contributed by atoms with Crippen LogP contribution in [0.2, 0.25) is 0 Å². The van der Waals surface area contributed by atoms with E-state index in [-0.39, 0.29) is 53.7 Å². The molecular formula is C20H24F2N6O4. The SMILES string of the molecule is COCCN(C(=O)c1ccc2nc(C(F)F)[nH]c2c1)c1c(N)n(CC(C)C)c(=O)[nH]c1=O. The number of nitrogen functional groups attached to an aromatic ring is 1. The number of methoxy groups -OCH3 is 1. The summed E-state index contributed by atoms with van der Waals surface area (Å²) in [6, 6.07) is 4.20. The number of hydrogen-bond acceptors (Lipinski definition) is 6. The lowest BCUT2D eigenvalue weighted by Gasteiger charge is -2.24. The highest BCUT2D eigenvalue weighted by atomic mass is 19.3. The molecule has 0 aliphatic carbocycles. The van der Waals surface area contributed by atoms with Gasteiger partial charge < -0.3 is 15.5 Å². The first-order valence-corrected chi connectivity index (χ1v) is 9.85. The summed E-state index contributed by atoms with van der Waals surface area (Å²) in [5, 5.41) is 0. The molecule has 3 aromatic rings. The standard InChI is InChI=1S/C20H24F2N6O4/c1-10(2)9-28-16(23)14(18(29)26-20(28)31)27(6-7-32-3)19(30)11-4-5-12-13(8-11)25-17(24-12)15(21)22/h4-5,8,10,15H,6-7,9,23H2,1-3H3,(H,24,25)(H,26,29,31). The van der Waals surface area contributed by atoms with Gasteiger partial charge in [-0.3, -0.25) is 24.0 Å². The number of nitrogens with one attached hydrogen (secondary N) is 2. The summed E-state index contributed by atoms with van der Waals surface area (Å²) in [5.74, 6) is -1.24. The van der Waals surface area contributed by atoms with Crippen LogP contribution in [0.5, 0.6) is 0 Å². The topological polar surface area (TPSA) is 139 Å². The molecule has 4 N–H and O–H groups in total. The van der Waals surface area contributed by atoms with E-state index < -0.39 is 29.4 Å². The maximum atomic E-state index is 13.4. The van der Waals surface area contributed by atoms with Gasteiger partial charge in [0.2, 0.25) is 0 Å². The van der Waals surface area contributed by atoms with E-state index in [0.717, 1.165) is 4.90 Å². The van der Waals surface area contributed by atoms with Crippen molar-refractivity contribution in [2.24, 2.45) is 5.92 Å². The molecule has 10 nitrogen and oxygen atoms in total. The van der Waals surface area contributed by atoms with E-state index in [1.165, 1.54) is 29.9 Å². The van der Waals surface area contributed by atoms with E-state index in [1.807, 2.05) is 13.8 Å². The van der Waals surface area contributed by atoms with E-state index in [2.05, 4.69) is 15.0 Å². The Hall–Kier alpha value is -3.54. The molecule has 0 saturated heterocycles. The van der Waals surface area contributed by atoms with Crippen molar-refractivity contribution in [1.29, 1.82) is 0 Å². The Labute approximate surface area is 181 Å². The summed E-state index contributed by atoms with van der Waals surface area (Å²) in [6.07, 6.45) is -2.79. The number of carbonyl (C=O) groups is 1. The molecule has 2 heterocycles. The second-order valence-electron chi connectivity index (χ2n) is 7.60. The number of nitrogens with two attached hydrogens (primary N) is 1. The van der Waals surface area contributed by atoms with Crippen molar-refractivity contribution < 1.29 is 18.3 Å². The molecule has 172 valence electrons. The van der Waals surface area contributed by atoms with Crippen molar-refractivity contribution in [3.63, 3.8) is 0 Å². The number of nitrogens with zero attached hydrogens (tertiary/aromatic N) is 3. The number of aromatic nitrogens is 4. The zero-order valence-corrected chi connectivity index (χ0v) is 17.8. The summed E-state index contributed by atoms with van der Waals surface area (Å²) >= 11 is 0. The molecule has 0 radical (unpaired) electrons. The minimum Gasteiger partial charge on any atom is -0.383 e. The van der Waals surface area contributed by atoms with Gasteiger partial charge in [0.15, 0.2) is 11.5 Å². The Morgan fingerprint density at radius 2 is 2.00 bits per heavy atom. The van der Waals surface area contributed by atoms with Gasteiger partial charge in [-0.1, -0.05) is 13.8 Å². The molecule has 2 aromatic heterocycles. The van der Waals surface area contributed by atoms with Crippen molar-refractivity contribution in [1.82, 2.24) is 19.5 Å². The van der Waals surface area contributed by atoms with Crippen LogP contribution in [-0.2, 0) is 11.3 Å². The van der Waals surface area contributed by atoms with Crippen LogP contribution in [0.3, 0.4) is 0 Å². The minimum atomic E-state index is -2.79. The van der Waals surface area contributed by atoms with Crippen molar-refractivity contribution in [3.8, 4) is 0 Å². The van der Waals surface area contributed by atoms with Gasteiger partial charge in [0.05, 0.1) is 17.6 Å². The molecule has 32 heavy (non-hydrogen) atoms. The third-order valence-electron chi connectivity index (χ3n) is 4.75. The summed E-state index contributed by atoms with van der Waals surface area (Å²) < 4.78 is 32.1. The predicted molar refractivity (Wildman–Crippen MR) is 115 cm³/mol. The molecule has 0 atom stereocenters. The first kappa shape index (κ1) is 23.1. The van der Waals surface area contributed by atoms with Crippen LogP contribution in [0, 0.1) is 5.92 Å². The number of alkyl halides is 2. The molecule has 1 aromatic carbocycles. The van der Waals surface area contributed by atoms with Crippen LogP contribution >= 0.6 is 0 Å². The molecule has 3 rings (SSSR count). The van der Waals surface area contributed by atoms with E-state index in [0.29, 0.717) is 0 Å². The van der Waals surface area contributed by atoms with Crippen LogP contribution in [0.4, 0.5) is 20.3 Å². The van der Waals surface area contributed by atoms with Crippen LogP contribution < -0.4 is 21.9 Å². The fraction of sp³-hybridized carbons (Fsp3) is 0.400. The molecule has 0 bridgehead atoms. The first-order chi connectivity index (χ1) is 15.1. The van der Waals surface area contributed by atoms with E-state index in [9.17, 15) is 23.2 Å². The van der Waals surface area contributed by atoms with Gasteiger partial charge in [0.1, 0.15) is 5.82 Å². The smallest absolute Gasteiger partial charge is 0.330 e. The van der Waals surface area contributed by atoms with Gasteiger partial charge in [-0.15, -0.1) is 0 Å². The zero-order chi connectivity index (χ0) is 23.6. The van der Waals surface area contributed by atoms with Crippen molar-refractivity contribution in [2.45, 2.75) is 26.8 Å². The quantitative estimate of drug-likeness (QED) is 0.479. The average Bonchev–Trinajstić information content (AvgIpc) is 3.16. The molecular weight excluding hydrogens is 426 g/mol. The number of amides is 1. The maximum Gasteiger partial charge on any atom is 0.330 e. The van der Waals surface area contributed by atoms with Gasteiger partial charge >= 0.3 is 5.69 Å². The Balaban J connectivity index is 2.11. The lowest BCUT2D eigenvalue weighted by molar-refractivity contribution is 0.0975. The molecule has 0 fully saturated rings. The fourth-order valence-electron chi connectivity index (χ4n) is 3.30. The largest absolute Gasteiger partial charge is 0.383 e. The molecule has 12 heteroatoms. The number of fused-ring (bicyclic) bond motifs is 1. The number of H-pyrrole nitrogens is 2. The molecule has 0 spiro atoms. The Bertz CT molecular complexity index is 1250. The highest BCUT2D eigenvalue weighted by Crippen LogP contribution is 2.24. The summed E-state index contributed by atoms with van der Waals surface area (Å²) in [5.41, 5.74) is 5.09. The number of aromatic amines is 2. The summed E-state index contributed by atoms with van der Waals surface area (Å²) in [7, 11) is 1.43. The summed E-state index contributed by atoms with van der Waals surface area (Å²) in [6.45, 7) is 4.02. The van der Waals surface area contributed by atoms with E-state index in [1.54, 1.807) is 0 Å². The molecule has 0 unspecified atom stereocenters. The minimum absolute atomic E-state index is 0.0359. The molecule has 0 saturated carbocycles. The normalized spacial score (nSPS) is 11.6. The van der Waals surface area contributed by atoms with Crippen LogP contribution in [0.25, 0.3) is 11.0 Å². The third-order valence-corrected chi connectivity index (χ3v) is 4.75. The second kappa shape index (κ2) is 9.30. The monoisotopic (exact) mass is 450 g/mol. The highest BCUT2D eigenvalue weighted by Gasteiger charge is 2.26. The van der Waals surface area contributed by atoms with Crippen molar-refractivity contribution in [2.75, 3.05) is 30.9 Å². The second-order valence-corrected chi connectivity index (χ2v) is 7.60. The number of carbonyl (C=O) groups excluding carboxylic acids is 1. The Morgan fingerprint density at radius 1 is 1.28 bits per heavy atom. The lowest BCUT2D eigenvalue weighted by atomic mass is 10.1. The zero-order valence-electron chi connectivity index (χ0n) is 17.8. The average molecular weight is 450 g/mol. The lowest BCUT2D eigenvalue weighted by Crippen LogP contribution is -2.42. The Kier molecular flexibility index (Phi) is 6.72. The van der Waals surface area contributed by atoms with Crippen LogP contribution in [0.1, 0.15) is 36.5 Å². The van der Waals surface area contributed by atoms with Crippen molar-refractivity contribution in [3.05, 3.63) is 50.4 Å². The summed E-state index contributed by atoms with van der Waals surface area (Å²) in [4.78, 5) is 47.8. The number of benzene rings is 1. The maximum absolute atomic E-state index is 13.4. The van der Waals surface area contributed by atoms with Gasteiger partial charge in [0, 0.05) is 25.8 Å². The van der Waals surface area contributed by atoms with Gasteiger partial charge in [-0.05, 0) is 24.1 Å². The van der Waals surface area contributed by atoms with Crippen LogP contribution in [-0.4, -0.2) is 45.7 Å². The fourth-order valence-corrected chi connectivity index (χ4v) is 3.30. The first-order valence-electron chi connectivity index (χ1n) is 9.85. The number of ether oxygens (including phenoxy) is 1. The predicted octanol–water partition coefficient (Wildman–Crippen LogP) is 1.88. The number of rotatable bonds is 8. The number of hydrogen-bond donors (Lipinski definition) is 3. The highest BCUT2D eigenvalue weighted by molar-refractivity contribution is 6.08. The van der Waals surface area contributed by atoms with E-state index in [4.69, 9.17) is 10.5 Å². The number of imidazole rings is 1. The third kappa shape index (κ3) is 4.54. The molecule has 0 aliphatic rings. The molecule has 0 aliphatic heterocycles. The Morgan fingerprint density at radius 3 is 2.62 bits per heavy atom.